The zero-order valence-corrected chi connectivity index (χ0v) is 12.6. The van der Waals surface area contributed by atoms with E-state index in [9.17, 15) is 0 Å². The second-order valence-electron chi connectivity index (χ2n) is 5.74. The molecule has 1 aliphatic rings. The van der Waals surface area contributed by atoms with Gasteiger partial charge in [-0.2, -0.15) is 0 Å². The van der Waals surface area contributed by atoms with Crippen LogP contribution in [0.5, 0.6) is 0 Å². The van der Waals surface area contributed by atoms with E-state index in [1.807, 2.05) is 0 Å². The van der Waals surface area contributed by atoms with Crippen molar-refractivity contribution < 1.29 is 0 Å². The van der Waals surface area contributed by atoms with E-state index >= 15 is 0 Å². The van der Waals surface area contributed by atoms with Gasteiger partial charge in [-0.15, -0.1) is 0 Å². The Morgan fingerprint density at radius 3 is 2.42 bits per heavy atom. The number of hydrogen-bond donors (Lipinski definition) is 1. The first-order valence-electron chi connectivity index (χ1n) is 7.78. The van der Waals surface area contributed by atoms with Crippen molar-refractivity contribution in [1.82, 2.24) is 10.2 Å². The Hall–Kier alpha value is -0.860. The Morgan fingerprint density at radius 2 is 1.89 bits per heavy atom. The molecule has 1 aromatic carbocycles. The van der Waals surface area contributed by atoms with Gasteiger partial charge in [0, 0.05) is 18.6 Å². The monoisotopic (exact) mass is 260 g/mol. The Labute approximate surface area is 118 Å². The van der Waals surface area contributed by atoms with E-state index in [1.165, 1.54) is 31.5 Å². The molecule has 1 aromatic rings. The molecule has 2 rings (SSSR count). The van der Waals surface area contributed by atoms with Crippen LogP contribution < -0.4 is 5.32 Å². The van der Waals surface area contributed by atoms with E-state index in [-0.39, 0.29) is 0 Å². The first kappa shape index (κ1) is 14.5. The first-order valence-corrected chi connectivity index (χ1v) is 7.78. The maximum Gasteiger partial charge on any atom is 0.0358 e. The molecule has 2 atom stereocenters. The lowest BCUT2D eigenvalue weighted by Crippen LogP contribution is -2.37. The van der Waals surface area contributed by atoms with Crippen LogP contribution >= 0.6 is 0 Å². The molecule has 1 N–H and O–H groups in total. The fourth-order valence-electron chi connectivity index (χ4n) is 2.98. The summed E-state index contributed by atoms with van der Waals surface area (Å²) in [6.07, 6.45) is 2.80. The van der Waals surface area contributed by atoms with E-state index in [0.717, 1.165) is 12.6 Å². The van der Waals surface area contributed by atoms with Gasteiger partial charge in [0.05, 0.1) is 0 Å². The maximum atomic E-state index is 3.66. The fraction of sp³-hybridized carbons (Fsp3) is 0.647. The largest absolute Gasteiger partial charge is 0.310 e. The van der Waals surface area contributed by atoms with Crippen LogP contribution in [0.1, 0.15) is 45.2 Å². The van der Waals surface area contributed by atoms with Crippen LogP contribution in [0.2, 0.25) is 0 Å². The third kappa shape index (κ3) is 4.05. The molecular weight excluding hydrogens is 232 g/mol. The summed E-state index contributed by atoms with van der Waals surface area (Å²) in [5, 5.41) is 3.66. The van der Waals surface area contributed by atoms with E-state index in [1.54, 1.807) is 0 Å². The Bertz CT molecular complexity index is 359. The molecule has 0 aromatic heterocycles. The number of nitrogens with zero attached hydrogens (tertiary/aromatic N) is 1. The Balaban J connectivity index is 2.01. The topological polar surface area (TPSA) is 15.3 Å². The second kappa shape index (κ2) is 7.06. The van der Waals surface area contributed by atoms with Gasteiger partial charge in [0.1, 0.15) is 0 Å². The molecule has 1 fully saturated rings. The van der Waals surface area contributed by atoms with Crippen molar-refractivity contribution in [3.05, 3.63) is 35.9 Å². The molecular formula is C17H28N2. The molecule has 0 saturated heterocycles. The molecule has 0 aliphatic heterocycles. The van der Waals surface area contributed by atoms with E-state index < -0.39 is 0 Å². The molecule has 2 unspecified atom stereocenters. The predicted octanol–water partition coefficient (Wildman–Crippen LogP) is 3.46. The van der Waals surface area contributed by atoms with E-state index in [0.29, 0.717) is 12.0 Å². The van der Waals surface area contributed by atoms with Crippen LogP contribution in [0.3, 0.4) is 0 Å². The van der Waals surface area contributed by atoms with Crippen molar-refractivity contribution in [2.75, 3.05) is 19.6 Å². The highest BCUT2D eigenvalue weighted by Crippen LogP contribution is 2.30. The third-order valence-corrected chi connectivity index (χ3v) is 4.14. The van der Waals surface area contributed by atoms with Crippen molar-refractivity contribution in [1.29, 1.82) is 0 Å². The zero-order chi connectivity index (χ0) is 13.7. The summed E-state index contributed by atoms with van der Waals surface area (Å²) in [5.74, 6) is 0.642. The average Bonchev–Trinajstić information content (AvgIpc) is 3.27. The Morgan fingerprint density at radius 1 is 1.21 bits per heavy atom. The predicted molar refractivity (Wildman–Crippen MR) is 82.3 cm³/mol. The van der Waals surface area contributed by atoms with Gasteiger partial charge in [0.15, 0.2) is 0 Å². The minimum atomic E-state index is 0.471. The molecule has 19 heavy (non-hydrogen) atoms. The van der Waals surface area contributed by atoms with Gasteiger partial charge >= 0.3 is 0 Å². The van der Waals surface area contributed by atoms with Crippen molar-refractivity contribution in [2.24, 2.45) is 5.92 Å². The van der Waals surface area contributed by atoms with E-state index in [2.05, 4.69) is 61.3 Å². The SMILES string of the molecule is CCNC(c1ccccc1)C(C)CN(CC)C1CC1. The molecule has 1 aliphatic carbocycles. The minimum Gasteiger partial charge on any atom is -0.310 e. The van der Waals surface area contributed by atoms with Crippen molar-refractivity contribution in [2.45, 2.75) is 45.7 Å². The van der Waals surface area contributed by atoms with Gasteiger partial charge in [0.25, 0.3) is 0 Å². The lowest BCUT2D eigenvalue weighted by molar-refractivity contribution is 0.212. The third-order valence-electron chi connectivity index (χ3n) is 4.14. The molecule has 0 spiro atoms. The fourth-order valence-corrected chi connectivity index (χ4v) is 2.98. The van der Waals surface area contributed by atoms with E-state index in [4.69, 9.17) is 0 Å². The summed E-state index contributed by atoms with van der Waals surface area (Å²) >= 11 is 0. The summed E-state index contributed by atoms with van der Waals surface area (Å²) < 4.78 is 0. The molecule has 2 nitrogen and oxygen atoms in total. The number of rotatable bonds is 8. The van der Waals surface area contributed by atoms with Crippen molar-refractivity contribution >= 4 is 0 Å². The quantitative estimate of drug-likeness (QED) is 0.770. The maximum absolute atomic E-state index is 3.66. The lowest BCUT2D eigenvalue weighted by atomic mass is 9.93. The van der Waals surface area contributed by atoms with Crippen LogP contribution in [0.4, 0.5) is 0 Å². The van der Waals surface area contributed by atoms with Crippen LogP contribution in [0, 0.1) is 5.92 Å². The second-order valence-corrected chi connectivity index (χ2v) is 5.74. The highest BCUT2D eigenvalue weighted by molar-refractivity contribution is 5.19. The van der Waals surface area contributed by atoms with Gasteiger partial charge < -0.3 is 10.2 Å². The average molecular weight is 260 g/mol. The first-order chi connectivity index (χ1) is 9.26. The van der Waals surface area contributed by atoms with Crippen LogP contribution in [0.25, 0.3) is 0 Å². The van der Waals surface area contributed by atoms with Crippen molar-refractivity contribution in [3.63, 3.8) is 0 Å². The molecule has 2 heteroatoms. The molecule has 1 saturated carbocycles. The number of hydrogen-bond acceptors (Lipinski definition) is 2. The zero-order valence-electron chi connectivity index (χ0n) is 12.6. The lowest BCUT2D eigenvalue weighted by Gasteiger charge is -2.30. The minimum absolute atomic E-state index is 0.471. The molecule has 0 heterocycles. The molecule has 0 radical (unpaired) electrons. The summed E-state index contributed by atoms with van der Waals surface area (Å²) in [6.45, 7) is 10.3. The van der Waals surface area contributed by atoms with Crippen molar-refractivity contribution in [3.8, 4) is 0 Å². The van der Waals surface area contributed by atoms with Gasteiger partial charge in [0.2, 0.25) is 0 Å². The molecule has 106 valence electrons. The van der Waals surface area contributed by atoms with Gasteiger partial charge in [-0.25, -0.2) is 0 Å². The number of nitrogens with one attached hydrogen (secondary N) is 1. The van der Waals surface area contributed by atoms with Crippen LogP contribution in [-0.2, 0) is 0 Å². The standard InChI is InChI=1S/C17H28N2/c1-4-18-17(15-9-7-6-8-10-15)14(3)13-19(5-2)16-11-12-16/h6-10,14,16-18H,4-5,11-13H2,1-3H3. The van der Waals surface area contributed by atoms with Gasteiger partial charge in [-0.1, -0.05) is 51.1 Å². The highest BCUT2D eigenvalue weighted by Gasteiger charge is 2.30. The normalized spacial score (nSPS) is 18.5. The highest BCUT2D eigenvalue weighted by atomic mass is 15.2. The van der Waals surface area contributed by atoms with Gasteiger partial charge in [-0.05, 0) is 37.4 Å². The summed E-state index contributed by atoms with van der Waals surface area (Å²) in [6, 6.07) is 12.2. The molecule has 0 bridgehead atoms. The summed E-state index contributed by atoms with van der Waals surface area (Å²) in [5.41, 5.74) is 1.42. The van der Waals surface area contributed by atoms with Crippen LogP contribution in [-0.4, -0.2) is 30.6 Å². The van der Waals surface area contributed by atoms with Crippen LogP contribution in [0.15, 0.2) is 30.3 Å². The summed E-state index contributed by atoms with van der Waals surface area (Å²) in [7, 11) is 0. The summed E-state index contributed by atoms with van der Waals surface area (Å²) in [4.78, 5) is 2.65. The molecule has 0 amide bonds. The smallest absolute Gasteiger partial charge is 0.0358 e. The number of benzene rings is 1. The Kier molecular flexibility index (Phi) is 5.41. The van der Waals surface area contributed by atoms with Gasteiger partial charge in [-0.3, -0.25) is 0 Å².